The number of aromatic nitrogens is 3. The van der Waals surface area contributed by atoms with Gasteiger partial charge >= 0.3 is 0 Å². The summed E-state index contributed by atoms with van der Waals surface area (Å²) >= 11 is 12.0. The SMILES string of the molecule is CC(C)(CNc1n[nH]c(CO)n1)c1ccc(Cl)c(Cl)c1. The van der Waals surface area contributed by atoms with E-state index in [-0.39, 0.29) is 12.0 Å². The van der Waals surface area contributed by atoms with E-state index in [1.54, 1.807) is 6.07 Å². The van der Waals surface area contributed by atoms with E-state index < -0.39 is 0 Å². The maximum absolute atomic E-state index is 8.92. The number of benzene rings is 1. The summed E-state index contributed by atoms with van der Waals surface area (Å²) in [7, 11) is 0. The third-order valence-electron chi connectivity index (χ3n) is 3.07. The van der Waals surface area contributed by atoms with Gasteiger partial charge in [-0.15, -0.1) is 5.10 Å². The van der Waals surface area contributed by atoms with Gasteiger partial charge in [0.1, 0.15) is 6.61 Å². The standard InChI is InChI=1S/C13H16Cl2N4O/c1-13(2,8-3-4-9(14)10(15)5-8)7-16-12-17-11(6-20)18-19-12/h3-5,20H,6-7H2,1-2H3,(H2,16,17,18,19). The fourth-order valence-electron chi connectivity index (χ4n) is 1.76. The van der Waals surface area contributed by atoms with Gasteiger partial charge in [-0.25, -0.2) is 0 Å². The van der Waals surface area contributed by atoms with Crippen molar-refractivity contribution in [1.29, 1.82) is 0 Å². The van der Waals surface area contributed by atoms with Crippen LogP contribution < -0.4 is 5.32 Å². The number of aliphatic hydroxyl groups excluding tert-OH is 1. The highest BCUT2D eigenvalue weighted by atomic mass is 35.5. The molecule has 2 rings (SSSR count). The summed E-state index contributed by atoms with van der Waals surface area (Å²) in [6.45, 7) is 4.62. The molecule has 7 heteroatoms. The normalized spacial score (nSPS) is 11.7. The van der Waals surface area contributed by atoms with Crippen LogP contribution in [0.15, 0.2) is 18.2 Å². The zero-order chi connectivity index (χ0) is 14.8. The molecule has 5 nitrogen and oxygen atoms in total. The monoisotopic (exact) mass is 314 g/mol. The summed E-state index contributed by atoms with van der Waals surface area (Å²) < 4.78 is 0. The van der Waals surface area contributed by atoms with Gasteiger partial charge < -0.3 is 10.4 Å². The van der Waals surface area contributed by atoms with E-state index in [2.05, 4.69) is 34.3 Å². The molecule has 0 saturated carbocycles. The van der Waals surface area contributed by atoms with Gasteiger partial charge in [-0.1, -0.05) is 43.1 Å². The third-order valence-corrected chi connectivity index (χ3v) is 3.81. The number of hydrogen-bond donors (Lipinski definition) is 3. The Morgan fingerprint density at radius 3 is 2.65 bits per heavy atom. The number of aromatic amines is 1. The topological polar surface area (TPSA) is 73.8 Å². The second-order valence-electron chi connectivity index (χ2n) is 5.13. The second-order valence-corrected chi connectivity index (χ2v) is 5.94. The number of hydrogen-bond acceptors (Lipinski definition) is 4. The minimum Gasteiger partial charge on any atom is -0.388 e. The van der Waals surface area contributed by atoms with E-state index in [0.29, 0.717) is 28.4 Å². The van der Waals surface area contributed by atoms with Crippen molar-refractivity contribution in [2.75, 3.05) is 11.9 Å². The maximum atomic E-state index is 8.92. The number of anilines is 1. The lowest BCUT2D eigenvalue weighted by molar-refractivity contribution is 0.272. The molecule has 0 atom stereocenters. The van der Waals surface area contributed by atoms with Crippen molar-refractivity contribution >= 4 is 29.2 Å². The fraction of sp³-hybridized carbons (Fsp3) is 0.385. The molecule has 0 spiro atoms. The average molecular weight is 315 g/mol. The van der Waals surface area contributed by atoms with Gasteiger partial charge in [0.2, 0.25) is 5.95 Å². The number of aliphatic hydroxyl groups is 1. The number of rotatable bonds is 5. The number of nitrogens with zero attached hydrogens (tertiary/aromatic N) is 2. The van der Waals surface area contributed by atoms with E-state index >= 15 is 0 Å². The van der Waals surface area contributed by atoms with Crippen molar-refractivity contribution in [3.8, 4) is 0 Å². The fourth-order valence-corrected chi connectivity index (χ4v) is 2.06. The van der Waals surface area contributed by atoms with Crippen molar-refractivity contribution in [2.24, 2.45) is 0 Å². The Hall–Kier alpha value is -1.30. The molecule has 0 fully saturated rings. The molecular formula is C13H16Cl2N4O. The Morgan fingerprint density at radius 2 is 2.05 bits per heavy atom. The van der Waals surface area contributed by atoms with Crippen molar-refractivity contribution in [1.82, 2.24) is 15.2 Å². The van der Waals surface area contributed by atoms with E-state index in [1.165, 1.54) is 0 Å². The molecule has 3 N–H and O–H groups in total. The first-order valence-electron chi connectivity index (χ1n) is 6.14. The van der Waals surface area contributed by atoms with Crippen LogP contribution in [0.1, 0.15) is 25.2 Å². The lowest BCUT2D eigenvalue weighted by Crippen LogP contribution is -2.28. The number of nitrogens with one attached hydrogen (secondary N) is 2. The number of H-pyrrole nitrogens is 1. The second kappa shape index (κ2) is 5.99. The molecule has 108 valence electrons. The molecular weight excluding hydrogens is 299 g/mol. The molecule has 1 aromatic carbocycles. The van der Waals surface area contributed by atoms with Crippen LogP contribution in [0.2, 0.25) is 10.0 Å². The minimum atomic E-state index is -0.172. The minimum absolute atomic E-state index is 0.162. The van der Waals surface area contributed by atoms with E-state index in [9.17, 15) is 0 Å². The van der Waals surface area contributed by atoms with Crippen molar-refractivity contribution in [2.45, 2.75) is 25.9 Å². The summed E-state index contributed by atoms with van der Waals surface area (Å²) in [6, 6.07) is 5.60. The largest absolute Gasteiger partial charge is 0.388 e. The smallest absolute Gasteiger partial charge is 0.242 e. The molecule has 0 amide bonds. The first-order valence-corrected chi connectivity index (χ1v) is 6.89. The average Bonchev–Trinajstić information content (AvgIpc) is 2.87. The first kappa shape index (κ1) is 15.1. The van der Waals surface area contributed by atoms with Crippen LogP contribution in [0.4, 0.5) is 5.95 Å². The van der Waals surface area contributed by atoms with Crippen LogP contribution in [0, 0.1) is 0 Å². The highest BCUT2D eigenvalue weighted by Crippen LogP contribution is 2.30. The zero-order valence-corrected chi connectivity index (χ0v) is 12.8. The van der Waals surface area contributed by atoms with Gasteiger partial charge in [0.05, 0.1) is 10.0 Å². The molecule has 20 heavy (non-hydrogen) atoms. The van der Waals surface area contributed by atoms with Crippen LogP contribution in [-0.4, -0.2) is 26.8 Å². The Kier molecular flexibility index (Phi) is 4.52. The Bertz CT molecular complexity index is 598. The Balaban J connectivity index is 2.08. The molecule has 2 aromatic rings. The quantitative estimate of drug-likeness (QED) is 0.793. The summed E-state index contributed by atoms with van der Waals surface area (Å²) in [6.07, 6.45) is 0. The number of halogens is 2. The predicted molar refractivity (Wildman–Crippen MR) is 80.3 cm³/mol. The molecule has 0 radical (unpaired) electrons. The first-order chi connectivity index (χ1) is 9.42. The van der Waals surface area contributed by atoms with Gasteiger partial charge in [0.15, 0.2) is 5.82 Å². The van der Waals surface area contributed by atoms with Gasteiger partial charge in [0, 0.05) is 12.0 Å². The summed E-state index contributed by atoms with van der Waals surface area (Å²) in [5, 5.41) is 19.7. The van der Waals surface area contributed by atoms with Crippen LogP contribution in [0.25, 0.3) is 0 Å². The van der Waals surface area contributed by atoms with Crippen LogP contribution in [0.5, 0.6) is 0 Å². The van der Waals surface area contributed by atoms with Gasteiger partial charge in [-0.3, -0.25) is 5.10 Å². The summed E-state index contributed by atoms with van der Waals surface area (Å²) in [4.78, 5) is 4.08. The van der Waals surface area contributed by atoms with E-state index in [0.717, 1.165) is 5.56 Å². The molecule has 0 aliphatic carbocycles. The van der Waals surface area contributed by atoms with Gasteiger partial charge in [-0.2, -0.15) is 4.98 Å². The van der Waals surface area contributed by atoms with E-state index in [4.69, 9.17) is 28.3 Å². The lowest BCUT2D eigenvalue weighted by Gasteiger charge is -2.25. The van der Waals surface area contributed by atoms with Crippen LogP contribution >= 0.6 is 23.2 Å². The van der Waals surface area contributed by atoms with Crippen LogP contribution in [-0.2, 0) is 12.0 Å². The van der Waals surface area contributed by atoms with Crippen molar-refractivity contribution in [3.05, 3.63) is 39.6 Å². The van der Waals surface area contributed by atoms with Crippen molar-refractivity contribution < 1.29 is 5.11 Å². The lowest BCUT2D eigenvalue weighted by atomic mass is 9.84. The molecule has 0 bridgehead atoms. The highest BCUT2D eigenvalue weighted by Gasteiger charge is 2.22. The summed E-state index contributed by atoms with van der Waals surface area (Å²) in [5.74, 6) is 0.891. The Labute approximate surface area is 127 Å². The Morgan fingerprint density at radius 1 is 1.30 bits per heavy atom. The summed E-state index contributed by atoms with van der Waals surface area (Å²) in [5.41, 5.74) is 0.895. The van der Waals surface area contributed by atoms with Crippen molar-refractivity contribution in [3.63, 3.8) is 0 Å². The zero-order valence-electron chi connectivity index (χ0n) is 11.2. The molecule has 0 aliphatic rings. The third kappa shape index (κ3) is 3.42. The molecule has 0 aliphatic heterocycles. The highest BCUT2D eigenvalue weighted by molar-refractivity contribution is 6.42. The molecule has 0 saturated heterocycles. The van der Waals surface area contributed by atoms with E-state index in [1.807, 2.05) is 12.1 Å². The molecule has 1 aromatic heterocycles. The van der Waals surface area contributed by atoms with Crippen LogP contribution in [0.3, 0.4) is 0 Å². The van der Waals surface area contributed by atoms with Gasteiger partial charge in [-0.05, 0) is 17.7 Å². The molecule has 1 heterocycles. The maximum Gasteiger partial charge on any atom is 0.242 e. The molecule has 0 unspecified atom stereocenters. The predicted octanol–water partition coefficient (Wildman–Crippen LogP) is 2.99. The van der Waals surface area contributed by atoms with Gasteiger partial charge in [0.25, 0.3) is 0 Å².